The minimum absolute atomic E-state index is 0.0425. The molecule has 0 saturated heterocycles. The summed E-state index contributed by atoms with van der Waals surface area (Å²) in [5, 5.41) is 12.5. The van der Waals surface area contributed by atoms with Crippen LogP contribution in [0.15, 0.2) is 18.2 Å². The first-order valence-electron chi connectivity index (χ1n) is 6.92. The number of amides is 1. The van der Waals surface area contributed by atoms with Crippen LogP contribution in [0.25, 0.3) is 0 Å². The number of phenolic OH excluding ortho intramolecular Hbond substituents is 1. The topological polar surface area (TPSA) is 49.3 Å². The van der Waals surface area contributed by atoms with E-state index in [1.807, 2.05) is 0 Å². The minimum Gasteiger partial charge on any atom is -0.507 e. The molecule has 0 heterocycles. The Morgan fingerprint density at radius 3 is 2.63 bits per heavy atom. The van der Waals surface area contributed by atoms with Gasteiger partial charge in [-0.1, -0.05) is 39.0 Å². The maximum absolute atomic E-state index is 11.9. The fourth-order valence-corrected chi connectivity index (χ4v) is 2.38. The van der Waals surface area contributed by atoms with Gasteiger partial charge in [-0.05, 0) is 47.2 Å². The predicted molar refractivity (Wildman–Crippen MR) is 86.5 cm³/mol. The second-order valence-corrected chi connectivity index (χ2v) is 5.93. The average molecular weight is 375 g/mol. The fraction of sp³-hybridized carbons (Fsp3) is 0.533. The van der Waals surface area contributed by atoms with Gasteiger partial charge in [-0.25, -0.2) is 0 Å². The van der Waals surface area contributed by atoms with Gasteiger partial charge in [-0.3, -0.25) is 4.79 Å². The van der Waals surface area contributed by atoms with E-state index in [1.54, 1.807) is 18.2 Å². The zero-order valence-electron chi connectivity index (χ0n) is 11.4. The normalized spacial score (nSPS) is 10.4. The number of aromatic hydroxyl groups is 1. The quantitative estimate of drug-likeness (QED) is 0.531. The number of carbonyl (C=O) groups excluding carboxylic acids is 1. The number of hydrogen-bond donors (Lipinski definition) is 2. The molecule has 106 valence electrons. The number of rotatable bonds is 8. The maximum Gasteiger partial charge on any atom is 0.255 e. The van der Waals surface area contributed by atoms with Gasteiger partial charge < -0.3 is 10.4 Å². The van der Waals surface area contributed by atoms with Crippen molar-refractivity contribution in [3.05, 3.63) is 27.3 Å². The van der Waals surface area contributed by atoms with E-state index >= 15 is 0 Å². The van der Waals surface area contributed by atoms with E-state index in [0.29, 0.717) is 12.1 Å². The first kappa shape index (κ1) is 16.3. The molecule has 1 amide bonds. The third kappa shape index (κ3) is 6.27. The number of carbonyl (C=O) groups is 1. The summed E-state index contributed by atoms with van der Waals surface area (Å²) in [6, 6.07) is 5.04. The molecule has 0 spiro atoms. The highest BCUT2D eigenvalue weighted by Gasteiger charge is 2.10. The molecular formula is C15H22INO2. The first-order chi connectivity index (χ1) is 9.15. The average Bonchev–Trinajstić information content (AvgIpc) is 2.40. The molecule has 0 aliphatic rings. The van der Waals surface area contributed by atoms with Crippen LogP contribution in [-0.2, 0) is 0 Å². The maximum atomic E-state index is 11.9. The number of hydrogen-bond acceptors (Lipinski definition) is 2. The molecule has 0 saturated carbocycles. The van der Waals surface area contributed by atoms with Gasteiger partial charge in [0.1, 0.15) is 5.75 Å². The Bertz CT molecular complexity index is 407. The van der Waals surface area contributed by atoms with Crippen molar-refractivity contribution >= 4 is 28.5 Å². The lowest BCUT2D eigenvalue weighted by Crippen LogP contribution is -2.24. The third-order valence-corrected chi connectivity index (χ3v) is 3.69. The first-order valence-corrected chi connectivity index (χ1v) is 7.99. The molecule has 1 aromatic carbocycles. The Kier molecular flexibility index (Phi) is 7.86. The Morgan fingerprint density at radius 1 is 1.21 bits per heavy atom. The van der Waals surface area contributed by atoms with Crippen LogP contribution in [0.3, 0.4) is 0 Å². The summed E-state index contributed by atoms with van der Waals surface area (Å²) in [5.41, 5.74) is 0.359. The van der Waals surface area contributed by atoms with Gasteiger partial charge in [-0.2, -0.15) is 0 Å². The standard InChI is InChI=1S/C15H22INO2/c1-2-3-4-5-6-7-10-17-15(19)13-11-12(16)8-9-14(13)18/h8-9,11,18H,2-7,10H2,1H3,(H,17,19). The molecule has 0 atom stereocenters. The molecular weight excluding hydrogens is 353 g/mol. The van der Waals surface area contributed by atoms with Crippen molar-refractivity contribution in [2.75, 3.05) is 6.54 Å². The summed E-state index contributed by atoms with van der Waals surface area (Å²) in [4.78, 5) is 11.9. The highest BCUT2D eigenvalue weighted by Crippen LogP contribution is 2.19. The molecule has 19 heavy (non-hydrogen) atoms. The summed E-state index contributed by atoms with van der Waals surface area (Å²) >= 11 is 2.13. The van der Waals surface area contributed by atoms with Gasteiger partial charge in [0, 0.05) is 10.1 Å². The van der Waals surface area contributed by atoms with Crippen LogP contribution < -0.4 is 5.32 Å². The highest BCUT2D eigenvalue weighted by molar-refractivity contribution is 14.1. The van der Waals surface area contributed by atoms with Crippen LogP contribution in [0, 0.1) is 3.57 Å². The molecule has 4 heteroatoms. The number of benzene rings is 1. The number of unbranched alkanes of at least 4 members (excludes halogenated alkanes) is 5. The molecule has 3 nitrogen and oxygen atoms in total. The zero-order valence-corrected chi connectivity index (χ0v) is 13.6. The summed E-state index contributed by atoms with van der Waals surface area (Å²) < 4.78 is 0.945. The van der Waals surface area contributed by atoms with Crippen LogP contribution in [0.2, 0.25) is 0 Å². The molecule has 0 bridgehead atoms. The van der Waals surface area contributed by atoms with Crippen molar-refractivity contribution in [3.63, 3.8) is 0 Å². The van der Waals surface area contributed by atoms with Crippen LogP contribution in [0.4, 0.5) is 0 Å². The molecule has 2 N–H and O–H groups in total. The molecule has 0 radical (unpaired) electrons. The van der Waals surface area contributed by atoms with Gasteiger partial charge >= 0.3 is 0 Å². The lowest BCUT2D eigenvalue weighted by Gasteiger charge is -2.07. The van der Waals surface area contributed by atoms with E-state index in [4.69, 9.17) is 0 Å². The molecule has 1 aromatic rings. The second kappa shape index (κ2) is 9.18. The highest BCUT2D eigenvalue weighted by atomic mass is 127. The van der Waals surface area contributed by atoms with Gasteiger partial charge in [0.2, 0.25) is 0 Å². The Morgan fingerprint density at radius 2 is 1.89 bits per heavy atom. The largest absolute Gasteiger partial charge is 0.507 e. The van der Waals surface area contributed by atoms with Crippen molar-refractivity contribution < 1.29 is 9.90 Å². The number of halogens is 1. The number of nitrogens with one attached hydrogen (secondary N) is 1. The van der Waals surface area contributed by atoms with Crippen LogP contribution in [0.1, 0.15) is 55.8 Å². The molecule has 0 aliphatic carbocycles. The molecule has 0 fully saturated rings. The van der Waals surface area contributed by atoms with E-state index in [1.165, 1.54) is 25.7 Å². The van der Waals surface area contributed by atoms with Crippen LogP contribution >= 0.6 is 22.6 Å². The predicted octanol–water partition coefficient (Wildman–Crippen LogP) is 4.09. The van der Waals surface area contributed by atoms with Gasteiger partial charge in [0.25, 0.3) is 5.91 Å². The zero-order chi connectivity index (χ0) is 14.1. The summed E-state index contributed by atoms with van der Waals surface area (Å²) in [6.07, 6.45) is 7.21. The van der Waals surface area contributed by atoms with Crippen molar-refractivity contribution in [1.29, 1.82) is 0 Å². The van der Waals surface area contributed by atoms with Crippen molar-refractivity contribution in [1.82, 2.24) is 5.32 Å². The monoisotopic (exact) mass is 375 g/mol. The van der Waals surface area contributed by atoms with E-state index in [9.17, 15) is 9.90 Å². The smallest absolute Gasteiger partial charge is 0.255 e. The third-order valence-electron chi connectivity index (χ3n) is 3.02. The van der Waals surface area contributed by atoms with Crippen LogP contribution in [-0.4, -0.2) is 17.6 Å². The van der Waals surface area contributed by atoms with E-state index in [2.05, 4.69) is 34.8 Å². The van der Waals surface area contributed by atoms with Crippen molar-refractivity contribution in [2.45, 2.75) is 45.4 Å². The number of phenols is 1. The lowest BCUT2D eigenvalue weighted by molar-refractivity contribution is 0.0950. The molecule has 1 rings (SSSR count). The summed E-state index contributed by atoms with van der Waals surface area (Å²) in [5.74, 6) is -0.148. The van der Waals surface area contributed by atoms with Gasteiger partial charge in [0.15, 0.2) is 0 Å². The van der Waals surface area contributed by atoms with Gasteiger partial charge in [0.05, 0.1) is 5.56 Å². The van der Waals surface area contributed by atoms with E-state index < -0.39 is 0 Å². The lowest BCUT2D eigenvalue weighted by atomic mass is 10.1. The Balaban J connectivity index is 2.26. The Hall–Kier alpha value is -0.780. The van der Waals surface area contributed by atoms with Crippen molar-refractivity contribution in [3.8, 4) is 5.75 Å². The SMILES string of the molecule is CCCCCCCCNC(=O)c1cc(I)ccc1O. The van der Waals surface area contributed by atoms with E-state index in [-0.39, 0.29) is 11.7 Å². The minimum atomic E-state index is -0.190. The summed E-state index contributed by atoms with van der Waals surface area (Å²) in [6.45, 7) is 2.88. The van der Waals surface area contributed by atoms with Crippen LogP contribution in [0.5, 0.6) is 5.75 Å². The Labute approximate surface area is 128 Å². The van der Waals surface area contributed by atoms with Gasteiger partial charge in [-0.15, -0.1) is 0 Å². The molecule has 0 unspecified atom stereocenters. The molecule has 0 aliphatic heterocycles. The fourth-order valence-electron chi connectivity index (χ4n) is 1.89. The second-order valence-electron chi connectivity index (χ2n) is 4.69. The van der Waals surface area contributed by atoms with E-state index in [0.717, 1.165) is 16.4 Å². The van der Waals surface area contributed by atoms with Crippen molar-refractivity contribution in [2.24, 2.45) is 0 Å². The summed E-state index contributed by atoms with van der Waals surface area (Å²) in [7, 11) is 0. The molecule has 0 aromatic heterocycles.